The monoisotopic (exact) mass is 304 g/mol. The summed E-state index contributed by atoms with van der Waals surface area (Å²) in [6.45, 7) is 8.74. The first-order valence-corrected chi connectivity index (χ1v) is 8.94. The van der Waals surface area contributed by atoms with Gasteiger partial charge in [0.1, 0.15) is 0 Å². The fourth-order valence-corrected chi connectivity index (χ4v) is 3.18. The van der Waals surface area contributed by atoms with Gasteiger partial charge >= 0.3 is 0 Å². The van der Waals surface area contributed by atoms with Crippen molar-refractivity contribution in [3.05, 3.63) is 35.9 Å². The first-order chi connectivity index (χ1) is 10.8. The van der Waals surface area contributed by atoms with Crippen LogP contribution in [0.25, 0.3) is 0 Å². The molecule has 1 aliphatic heterocycles. The first kappa shape index (κ1) is 17.5. The van der Waals surface area contributed by atoms with Crippen molar-refractivity contribution < 1.29 is 5.11 Å². The smallest absolute Gasteiger partial charge is 0.0667 e. The van der Waals surface area contributed by atoms with Gasteiger partial charge in [0.05, 0.1) is 6.10 Å². The Morgan fingerprint density at radius 2 is 1.68 bits per heavy atom. The molecule has 1 atom stereocenters. The second-order valence-corrected chi connectivity index (χ2v) is 6.53. The molecule has 2 rings (SSSR count). The molecular formula is C19H32N2O. The number of piperazine rings is 1. The molecule has 1 unspecified atom stereocenters. The Labute approximate surface area is 135 Å². The van der Waals surface area contributed by atoms with Gasteiger partial charge in [-0.15, -0.1) is 0 Å². The van der Waals surface area contributed by atoms with Crippen LogP contribution in [0.2, 0.25) is 0 Å². The van der Waals surface area contributed by atoms with E-state index >= 15 is 0 Å². The lowest BCUT2D eigenvalue weighted by Crippen LogP contribution is -2.48. The minimum Gasteiger partial charge on any atom is -0.392 e. The molecule has 0 spiro atoms. The lowest BCUT2D eigenvalue weighted by atomic mass is 10.1. The minimum atomic E-state index is -0.135. The number of aryl methyl sites for hydroxylation is 1. The molecule has 3 heteroatoms. The summed E-state index contributed by atoms with van der Waals surface area (Å²) in [6.07, 6.45) is 5.55. The Morgan fingerprint density at radius 3 is 2.36 bits per heavy atom. The Bertz CT molecular complexity index is 388. The molecule has 1 fully saturated rings. The van der Waals surface area contributed by atoms with Crippen molar-refractivity contribution in [3.63, 3.8) is 0 Å². The summed E-state index contributed by atoms with van der Waals surface area (Å²) >= 11 is 0. The average molecular weight is 304 g/mol. The highest BCUT2D eigenvalue weighted by Gasteiger charge is 2.18. The highest BCUT2D eigenvalue weighted by molar-refractivity contribution is 5.14. The van der Waals surface area contributed by atoms with E-state index in [0.717, 1.165) is 45.6 Å². The maximum Gasteiger partial charge on any atom is 0.0667 e. The number of unbranched alkanes of at least 4 members (excludes halogenated alkanes) is 1. The van der Waals surface area contributed by atoms with Crippen LogP contribution >= 0.6 is 0 Å². The fourth-order valence-electron chi connectivity index (χ4n) is 3.18. The van der Waals surface area contributed by atoms with Crippen molar-refractivity contribution >= 4 is 0 Å². The SMILES string of the molecule is CCCCC(O)CN1CCN(CCCc2ccccc2)CC1. The van der Waals surface area contributed by atoms with Crippen molar-refractivity contribution in [2.45, 2.75) is 45.1 Å². The molecule has 22 heavy (non-hydrogen) atoms. The van der Waals surface area contributed by atoms with Gasteiger partial charge in [-0.05, 0) is 31.4 Å². The molecule has 0 aromatic heterocycles. The fraction of sp³-hybridized carbons (Fsp3) is 0.684. The standard InChI is InChI=1S/C19H32N2O/c1-2-3-11-19(22)17-21-15-13-20(14-16-21)12-7-10-18-8-5-4-6-9-18/h4-6,8-9,19,22H,2-3,7,10-17H2,1H3. The lowest BCUT2D eigenvalue weighted by molar-refractivity contribution is 0.0673. The number of rotatable bonds is 9. The van der Waals surface area contributed by atoms with Gasteiger partial charge in [-0.1, -0.05) is 50.1 Å². The van der Waals surface area contributed by atoms with Crippen LogP contribution in [-0.2, 0) is 6.42 Å². The molecule has 1 saturated heterocycles. The molecule has 1 aromatic rings. The summed E-state index contributed by atoms with van der Waals surface area (Å²) in [5.41, 5.74) is 1.44. The molecule has 0 amide bonds. The van der Waals surface area contributed by atoms with E-state index in [1.807, 2.05) is 0 Å². The molecule has 1 aliphatic rings. The predicted molar refractivity (Wildman–Crippen MR) is 93.2 cm³/mol. The van der Waals surface area contributed by atoms with Gasteiger partial charge in [0.25, 0.3) is 0 Å². The van der Waals surface area contributed by atoms with E-state index in [4.69, 9.17) is 0 Å². The third-order valence-corrected chi connectivity index (χ3v) is 4.61. The highest BCUT2D eigenvalue weighted by atomic mass is 16.3. The molecule has 1 N–H and O–H groups in total. The normalized spacial score (nSPS) is 18.5. The largest absolute Gasteiger partial charge is 0.392 e. The van der Waals surface area contributed by atoms with Gasteiger partial charge in [0.15, 0.2) is 0 Å². The zero-order chi connectivity index (χ0) is 15.6. The van der Waals surface area contributed by atoms with Gasteiger partial charge in [-0.25, -0.2) is 0 Å². The van der Waals surface area contributed by atoms with Crippen molar-refractivity contribution in [3.8, 4) is 0 Å². The summed E-state index contributed by atoms with van der Waals surface area (Å²) in [4.78, 5) is 4.99. The first-order valence-electron chi connectivity index (χ1n) is 8.94. The highest BCUT2D eigenvalue weighted by Crippen LogP contribution is 2.08. The number of aliphatic hydroxyl groups excluding tert-OH is 1. The van der Waals surface area contributed by atoms with Gasteiger partial charge in [0, 0.05) is 32.7 Å². The van der Waals surface area contributed by atoms with E-state index in [-0.39, 0.29) is 6.10 Å². The van der Waals surface area contributed by atoms with Crippen LogP contribution in [0.3, 0.4) is 0 Å². The molecule has 124 valence electrons. The van der Waals surface area contributed by atoms with Crippen LogP contribution in [0.5, 0.6) is 0 Å². The van der Waals surface area contributed by atoms with Crippen LogP contribution in [0.4, 0.5) is 0 Å². The number of benzene rings is 1. The Morgan fingerprint density at radius 1 is 1.00 bits per heavy atom. The number of hydrogen-bond donors (Lipinski definition) is 1. The zero-order valence-corrected chi connectivity index (χ0v) is 14.1. The van der Waals surface area contributed by atoms with Gasteiger partial charge in [0.2, 0.25) is 0 Å². The molecular weight excluding hydrogens is 272 g/mol. The van der Waals surface area contributed by atoms with Crippen molar-refractivity contribution in [1.29, 1.82) is 0 Å². The molecule has 3 nitrogen and oxygen atoms in total. The third-order valence-electron chi connectivity index (χ3n) is 4.61. The van der Waals surface area contributed by atoms with Crippen LogP contribution < -0.4 is 0 Å². The average Bonchev–Trinajstić information content (AvgIpc) is 2.55. The van der Waals surface area contributed by atoms with E-state index in [2.05, 4.69) is 47.1 Å². The van der Waals surface area contributed by atoms with Crippen molar-refractivity contribution in [2.75, 3.05) is 39.3 Å². The van der Waals surface area contributed by atoms with Crippen LogP contribution in [0, 0.1) is 0 Å². The van der Waals surface area contributed by atoms with Crippen LogP contribution in [-0.4, -0.2) is 60.3 Å². The summed E-state index contributed by atoms with van der Waals surface area (Å²) in [7, 11) is 0. The molecule has 0 aliphatic carbocycles. The van der Waals surface area contributed by atoms with Crippen molar-refractivity contribution in [1.82, 2.24) is 9.80 Å². The number of nitrogens with zero attached hydrogens (tertiary/aromatic N) is 2. The van der Waals surface area contributed by atoms with Gasteiger partial charge in [-0.3, -0.25) is 4.90 Å². The molecule has 0 saturated carbocycles. The van der Waals surface area contributed by atoms with Crippen molar-refractivity contribution in [2.24, 2.45) is 0 Å². The van der Waals surface area contributed by atoms with E-state index in [9.17, 15) is 5.11 Å². The minimum absolute atomic E-state index is 0.135. The Hall–Kier alpha value is -0.900. The molecule has 1 heterocycles. The quantitative estimate of drug-likeness (QED) is 0.760. The van der Waals surface area contributed by atoms with E-state index in [1.165, 1.54) is 31.4 Å². The number of hydrogen-bond acceptors (Lipinski definition) is 3. The van der Waals surface area contributed by atoms with E-state index in [1.54, 1.807) is 0 Å². The topological polar surface area (TPSA) is 26.7 Å². The molecule has 0 bridgehead atoms. The summed E-state index contributed by atoms with van der Waals surface area (Å²) < 4.78 is 0. The maximum absolute atomic E-state index is 10.0. The van der Waals surface area contributed by atoms with E-state index in [0.29, 0.717) is 0 Å². The number of β-amino-alcohol motifs (C(OH)–C–C–N with tert-alkyl or cyclic N) is 1. The van der Waals surface area contributed by atoms with Gasteiger partial charge in [-0.2, -0.15) is 0 Å². The predicted octanol–water partition coefficient (Wildman–Crippen LogP) is 2.79. The third kappa shape index (κ3) is 6.47. The summed E-state index contributed by atoms with van der Waals surface area (Å²) in [5, 5.41) is 10.0. The summed E-state index contributed by atoms with van der Waals surface area (Å²) in [5.74, 6) is 0. The van der Waals surface area contributed by atoms with Gasteiger partial charge < -0.3 is 10.0 Å². The van der Waals surface area contributed by atoms with E-state index < -0.39 is 0 Å². The second-order valence-electron chi connectivity index (χ2n) is 6.53. The number of aliphatic hydroxyl groups is 1. The lowest BCUT2D eigenvalue weighted by Gasteiger charge is -2.35. The van der Waals surface area contributed by atoms with Crippen LogP contribution in [0.1, 0.15) is 38.2 Å². The molecule has 1 aromatic carbocycles. The second kappa shape index (κ2) is 9.98. The Balaban J connectivity index is 1.57. The zero-order valence-electron chi connectivity index (χ0n) is 14.1. The summed E-state index contributed by atoms with van der Waals surface area (Å²) in [6, 6.07) is 10.8. The maximum atomic E-state index is 10.0. The Kier molecular flexibility index (Phi) is 7.92. The molecule has 0 radical (unpaired) electrons. The van der Waals surface area contributed by atoms with Crippen LogP contribution in [0.15, 0.2) is 30.3 Å².